The van der Waals surface area contributed by atoms with Crippen molar-refractivity contribution in [3.05, 3.63) is 58.9 Å². The normalized spacial score (nSPS) is 12.0. The van der Waals surface area contributed by atoms with E-state index in [0.29, 0.717) is 12.3 Å². The zero-order chi connectivity index (χ0) is 18.2. The zero-order valence-electron chi connectivity index (χ0n) is 13.8. The molecule has 0 bridgehead atoms. The molecule has 5 nitrogen and oxygen atoms in total. The molecule has 0 radical (unpaired) electrons. The van der Waals surface area contributed by atoms with Gasteiger partial charge in [-0.15, -0.1) is 0 Å². The van der Waals surface area contributed by atoms with Gasteiger partial charge in [-0.1, -0.05) is 16.8 Å². The fraction of sp³-hybridized carbons (Fsp3) is 0.222. The minimum atomic E-state index is -0.831. The minimum Gasteiger partial charge on any atom is -0.494 e. The van der Waals surface area contributed by atoms with Crippen molar-refractivity contribution in [1.29, 1.82) is 0 Å². The summed E-state index contributed by atoms with van der Waals surface area (Å²) in [6.45, 7) is 4.06. The lowest BCUT2D eigenvalue weighted by atomic mass is 10.2. The fourth-order valence-corrected chi connectivity index (χ4v) is 2.05. The van der Waals surface area contributed by atoms with Crippen molar-refractivity contribution in [2.75, 3.05) is 11.9 Å². The number of hydrogen-bond donors (Lipinski definition) is 1. The number of carbonyl (C=O) groups excluding carboxylic acids is 1. The largest absolute Gasteiger partial charge is 0.494 e. The van der Waals surface area contributed by atoms with Gasteiger partial charge in [0.05, 0.1) is 17.8 Å². The van der Waals surface area contributed by atoms with Crippen molar-refractivity contribution < 1.29 is 18.8 Å². The lowest BCUT2D eigenvalue weighted by Crippen LogP contribution is -2.26. The maximum Gasteiger partial charge on any atom is 0.267 e. The first-order valence-corrected chi connectivity index (χ1v) is 8.05. The Morgan fingerprint density at radius 3 is 2.68 bits per heavy atom. The third kappa shape index (κ3) is 5.76. The second-order valence-corrected chi connectivity index (χ2v) is 5.51. The Hall–Kier alpha value is -2.60. The molecule has 0 aliphatic carbocycles. The Bertz CT molecular complexity index is 750. The Kier molecular flexibility index (Phi) is 6.77. The number of amides is 1. The highest BCUT2D eigenvalue weighted by atomic mass is 35.5. The van der Waals surface area contributed by atoms with Crippen LogP contribution in [-0.2, 0) is 9.63 Å². The van der Waals surface area contributed by atoms with E-state index in [1.54, 1.807) is 6.92 Å². The van der Waals surface area contributed by atoms with Crippen LogP contribution < -0.4 is 10.1 Å². The highest BCUT2D eigenvalue weighted by Gasteiger charge is 2.14. The SMILES string of the molecule is CCOc1ccc(/C=N/OC(C)C(=O)Nc2ccc(F)c(Cl)c2)cc1. The van der Waals surface area contributed by atoms with E-state index >= 15 is 0 Å². The third-order valence-electron chi connectivity index (χ3n) is 3.17. The molecule has 0 saturated heterocycles. The zero-order valence-corrected chi connectivity index (χ0v) is 14.6. The molecule has 0 fully saturated rings. The van der Waals surface area contributed by atoms with Gasteiger partial charge >= 0.3 is 0 Å². The molecule has 2 aromatic carbocycles. The summed E-state index contributed by atoms with van der Waals surface area (Å²) in [6.07, 6.45) is 0.664. The summed E-state index contributed by atoms with van der Waals surface area (Å²) in [7, 11) is 0. The molecule has 25 heavy (non-hydrogen) atoms. The first-order chi connectivity index (χ1) is 12.0. The Labute approximate surface area is 150 Å². The van der Waals surface area contributed by atoms with Crippen LogP contribution >= 0.6 is 11.6 Å². The average Bonchev–Trinajstić information content (AvgIpc) is 2.60. The summed E-state index contributed by atoms with van der Waals surface area (Å²) in [4.78, 5) is 17.1. The van der Waals surface area contributed by atoms with Crippen LogP contribution in [-0.4, -0.2) is 24.8 Å². The first kappa shape index (κ1) is 18.7. The molecule has 1 unspecified atom stereocenters. The van der Waals surface area contributed by atoms with E-state index in [1.165, 1.54) is 24.4 Å². The van der Waals surface area contributed by atoms with Crippen molar-refractivity contribution in [1.82, 2.24) is 0 Å². The smallest absolute Gasteiger partial charge is 0.267 e. The Morgan fingerprint density at radius 2 is 2.04 bits per heavy atom. The van der Waals surface area contributed by atoms with Crippen LogP contribution in [0.25, 0.3) is 0 Å². The van der Waals surface area contributed by atoms with Crippen molar-refractivity contribution in [2.24, 2.45) is 5.16 Å². The van der Waals surface area contributed by atoms with Crippen molar-refractivity contribution >= 4 is 29.4 Å². The molecule has 0 aromatic heterocycles. The Balaban J connectivity index is 1.86. The first-order valence-electron chi connectivity index (χ1n) is 7.67. The van der Waals surface area contributed by atoms with Gasteiger partial charge in [-0.3, -0.25) is 4.79 Å². The molecule has 0 saturated carbocycles. The van der Waals surface area contributed by atoms with Gasteiger partial charge in [0.15, 0.2) is 0 Å². The maximum absolute atomic E-state index is 13.1. The van der Waals surface area contributed by atoms with Crippen molar-refractivity contribution in [3.63, 3.8) is 0 Å². The number of halogens is 2. The number of carbonyl (C=O) groups is 1. The molecule has 0 aliphatic rings. The molecule has 1 amide bonds. The molecule has 132 valence electrons. The second-order valence-electron chi connectivity index (χ2n) is 5.10. The van der Waals surface area contributed by atoms with E-state index in [2.05, 4.69) is 10.5 Å². The number of benzene rings is 2. The van der Waals surface area contributed by atoms with E-state index in [0.717, 1.165) is 11.3 Å². The third-order valence-corrected chi connectivity index (χ3v) is 3.46. The van der Waals surface area contributed by atoms with Crippen LogP contribution in [0, 0.1) is 5.82 Å². The molecule has 1 N–H and O–H groups in total. The second kappa shape index (κ2) is 9.03. The number of hydrogen-bond acceptors (Lipinski definition) is 4. The number of nitrogens with zero attached hydrogens (tertiary/aromatic N) is 1. The molecule has 1 atom stereocenters. The summed E-state index contributed by atoms with van der Waals surface area (Å²) in [5, 5.41) is 6.30. The maximum atomic E-state index is 13.1. The van der Waals surface area contributed by atoms with Gasteiger partial charge < -0.3 is 14.9 Å². The number of oxime groups is 1. The van der Waals surface area contributed by atoms with Gasteiger partial charge in [-0.05, 0) is 61.9 Å². The predicted octanol–water partition coefficient (Wildman–Crippen LogP) is 4.26. The molecule has 2 aromatic rings. The van der Waals surface area contributed by atoms with E-state index in [9.17, 15) is 9.18 Å². The van der Waals surface area contributed by atoms with Crippen LogP contribution in [0.3, 0.4) is 0 Å². The van der Waals surface area contributed by atoms with Gasteiger partial charge in [-0.25, -0.2) is 4.39 Å². The van der Waals surface area contributed by atoms with Crippen LogP contribution in [0.1, 0.15) is 19.4 Å². The molecular weight excluding hydrogens is 347 g/mol. The number of ether oxygens (including phenoxy) is 1. The number of rotatable bonds is 7. The molecular formula is C18H18ClFN2O3. The van der Waals surface area contributed by atoms with E-state index in [1.807, 2.05) is 31.2 Å². The van der Waals surface area contributed by atoms with Crippen molar-refractivity contribution in [3.8, 4) is 5.75 Å². The quantitative estimate of drug-likeness (QED) is 0.590. The molecule has 0 heterocycles. The minimum absolute atomic E-state index is 0.0695. The summed E-state index contributed by atoms with van der Waals surface area (Å²) in [5.74, 6) is -0.207. The number of nitrogens with one attached hydrogen (secondary N) is 1. The summed E-state index contributed by atoms with van der Waals surface area (Å²) < 4.78 is 18.4. The highest BCUT2D eigenvalue weighted by molar-refractivity contribution is 6.31. The van der Waals surface area contributed by atoms with E-state index in [-0.39, 0.29) is 5.02 Å². The van der Waals surface area contributed by atoms with E-state index < -0.39 is 17.8 Å². The van der Waals surface area contributed by atoms with Crippen LogP contribution in [0.4, 0.5) is 10.1 Å². The predicted molar refractivity (Wildman–Crippen MR) is 95.8 cm³/mol. The summed E-state index contributed by atoms with van der Waals surface area (Å²) in [5.41, 5.74) is 1.18. The molecule has 7 heteroatoms. The summed E-state index contributed by atoms with van der Waals surface area (Å²) >= 11 is 5.67. The molecule has 2 rings (SSSR count). The topological polar surface area (TPSA) is 59.9 Å². The van der Waals surface area contributed by atoms with Gasteiger partial charge in [0.1, 0.15) is 11.6 Å². The van der Waals surface area contributed by atoms with Crippen LogP contribution in [0.2, 0.25) is 5.02 Å². The molecule has 0 aliphatic heterocycles. The van der Waals surface area contributed by atoms with Gasteiger partial charge in [0, 0.05) is 5.69 Å². The standard InChI is InChI=1S/C18H18ClFN2O3/c1-3-24-15-7-4-13(5-8-15)11-21-25-12(2)18(23)22-14-6-9-17(20)16(19)10-14/h4-12H,3H2,1-2H3,(H,22,23)/b21-11+. The van der Waals surface area contributed by atoms with Gasteiger partial charge in [0.25, 0.3) is 5.91 Å². The fourth-order valence-electron chi connectivity index (χ4n) is 1.87. The summed E-state index contributed by atoms with van der Waals surface area (Å²) in [6, 6.07) is 11.2. The Morgan fingerprint density at radius 1 is 1.32 bits per heavy atom. The molecule has 0 spiro atoms. The lowest BCUT2D eigenvalue weighted by Gasteiger charge is -2.10. The van der Waals surface area contributed by atoms with Gasteiger partial charge in [0.2, 0.25) is 6.10 Å². The lowest BCUT2D eigenvalue weighted by molar-refractivity contribution is -0.126. The van der Waals surface area contributed by atoms with E-state index in [4.69, 9.17) is 21.2 Å². The van der Waals surface area contributed by atoms with Crippen LogP contribution in [0.5, 0.6) is 5.75 Å². The number of anilines is 1. The average molecular weight is 365 g/mol. The van der Waals surface area contributed by atoms with Crippen LogP contribution in [0.15, 0.2) is 47.6 Å². The highest BCUT2D eigenvalue weighted by Crippen LogP contribution is 2.19. The monoisotopic (exact) mass is 364 g/mol. The van der Waals surface area contributed by atoms with Gasteiger partial charge in [-0.2, -0.15) is 0 Å². The van der Waals surface area contributed by atoms with Crippen molar-refractivity contribution in [2.45, 2.75) is 20.0 Å².